The summed E-state index contributed by atoms with van der Waals surface area (Å²) < 4.78 is 14.9. The maximum Gasteiger partial charge on any atom is 0.184 e. The van der Waals surface area contributed by atoms with E-state index in [1.54, 1.807) is 16.8 Å². The Morgan fingerprint density at radius 1 is 1.04 bits per heavy atom. The molecule has 4 rings (SSSR count). The van der Waals surface area contributed by atoms with Gasteiger partial charge in [0, 0.05) is 26.2 Å². The van der Waals surface area contributed by atoms with E-state index in [4.69, 9.17) is 0 Å². The second kappa shape index (κ2) is 6.95. The maximum absolute atomic E-state index is 13.1. The Balaban J connectivity index is 1.66. The van der Waals surface area contributed by atoms with Crippen LogP contribution in [0.25, 0.3) is 11.2 Å². The molecule has 136 valence electrons. The maximum atomic E-state index is 13.1. The van der Waals surface area contributed by atoms with Gasteiger partial charge >= 0.3 is 0 Å². The van der Waals surface area contributed by atoms with Crippen molar-refractivity contribution in [2.24, 2.45) is 0 Å². The third kappa shape index (κ3) is 3.24. The van der Waals surface area contributed by atoms with E-state index in [-0.39, 0.29) is 5.82 Å². The Morgan fingerprint density at radius 3 is 2.46 bits per heavy atom. The van der Waals surface area contributed by atoms with Crippen molar-refractivity contribution in [3.63, 3.8) is 0 Å². The molecule has 0 unspecified atom stereocenters. The number of likely N-dealkylation sites (N-methyl/N-ethyl adjacent to an activating group) is 1. The smallest absolute Gasteiger partial charge is 0.184 e. The molecule has 0 amide bonds. The van der Waals surface area contributed by atoms with Crippen LogP contribution in [0, 0.1) is 12.7 Å². The average molecular weight is 355 g/mol. The first-order valence-corrected chi connectivity index (χ1v) is 8.93. The van der Waals surface area contributed by atoms with E-state index in [1.807, 2.05) is 6.92 Å². The lowest BCUT2D eigenvalue weighted by Gasteiger charge is -2.34. The summed E-state index contributed by atoms with van der Waals surface area (Å²) in [6.45, 7) is 9.52. The van der Waals surface area contributed by atoms with E-state index >= 15 is 0 Å². The van der Waals surface area contributed by atoms with Crippen LogP contribution >= 0.6 is 0 Å². The third-order valence-electron chi connectivity index (χ3n) is 4.82. The SMILES string of the molecule is CCN1CCN(c2nc(C)nc3c2nnn3Cc2ccc(F)cc2)CC1. The van der Waals surface area contributed by atoms with E-state index in [2.05, 4.69) is 37.0 Å². The van der Waals surface area contributed by atoms with Gasteiger partial charge in [0.05, 0.1) is 6.54 Å². The second-order valence-corrected chi connectivity index (χ2v) is 6.56. The standard InChI is InChI=1S/C18H22FN7/c1-3-24-8-10-25(11-9-24)17-16-18(21-13(2)20-17)26(23-22-16)12-14-4-6-15(19)7-5-14/h4-7H,3,8-12H2,1-2H3. The summed E-state index contributed by atoms with van der Waals surface area (Å²) >= 11 is 0. The summed E-state index contributed by atoms with van der Waals surface area (Å²) in [6.07, 6.45) is 0. The summed E-state index contributed by atoms with van der Waals surface area (Å²) in [5.41, 5.74) is 2.39. The third-order valence-corrected chi connectivity index (χ3v) is 4.82. The number of hydrogen-bond donors (Lipinski definition) is 0. The van der Waals surface area contributed by atoms with Crippen molar-refractivity contribution >= 4 is 17.0 Å². The highest BCUT2D eigenvalue weighted by molar-refractivity contribution is 5.83. The van der Waals surface area contributed by atoms with Crippen molar-refractivity contribution in [2.75, 3.05) is 37.6 Å². The van der Waals surface area contributed by atoms with Crippen LogP contribution in [0.4, 0.5) is 10.2 Å². The zero-order valence-electron chi connectivity index (χ0n) is 15.1. The summed E-state index contributed by atoms with van der Waals surface area (Å²) in [7, 11) is 0. The van der Waals surface area contributed by atoms with Gasteiger partial charge in [-0.15, -0.1) is 5.10 Å². The molecule has 0 spiro atoms. The fraction of sp³-hybridized carbons (Fsp3) is 0.444. The van der Waals surface area contributed by atoms with Gasteiger partial charge in [-0.1, -0.05) is 24.3 Å². The van der Waals surface area contributed by atoms with Crippen LogP contribution in [0.1, 0.15) is 18.3 Å². The van der Waals surface area contributed by atoms with Gasteiger partial charge < -0.3 is 9.80 Å². The highest BCUT2D eigenvalue weighted by Crippen LogP contribution is 2.23. The van der Waals surface area contributed by atoms with Gasteiger partial charge in [0.25, 0.3) is 0 Å². The van der Waals surface area contributed by atoms with Crippen molar-refractivity contribution in [1.82, 2.24) is 29.9 Å². The molecule has 1 aliphatic rings. The van der Waals surface area contributed by atoms with E-state index < -0.39 is 0 Å². The van der Waals surface area contributed by atoms with Gasteiger partial charge in [-0.3, -0.25) is 0 Å². The minimum atomic E-state index is -0.246. The predicted octanol–water partition coefficient (Wildman–Crippen LogP) is 1.86. The first-order chi connectivity index (χ1) is 12.6. The van der Waals surface area contributed by atoms with Crippen LogP contribution < -0.4 is 4.90 Å². The van der Waals surface area contributed by atoms with E-state index in [9.17, 15) is 4.39 Å². The second-order valence-electron chi connectivity index (χ2n) is 6.56. The topological polar surface area (TPSA) is 63.0 Å². The van der Waals surface area contributed by atoms with Gasteiger partial charge in [0.1, 0.15) is 11.6 Å². The van der Waals surface area contributed by atoms with Crippen LogP contribution in [0.2, 0.25) is 0 Å². The van der Waals surface area contributed by atoms with E-state index in [0.29, 0.717) is 12.4 Å². The van der Waals surface area contributed by atoms with Gasteiger partial charge in [0.2, 0.25) is 0 Å². The quantitative estimate of drug-likeness (QED) is 0.712. The van der Waals surface area contributed by atoms with Crippen LogP contribution in [0.3, 0.4) is 0 Å². The summed E-state index contributed by atoms with van der Waals surface area (Å²) in [5, 5.41) is 8.62. The summed E-state index contributed by atoms with van der Waals surface area (Å²) in [4.78, 5) is 13.9. The van der Waals surface area contributed by atoms with Crippen LogP contribution in [-0.4, -0.2) is 62.6 Å². The molecular formula is C18H22FN7. The summed E-state index contributed by atoms with van der Waals surface area (Å²) in [5.74, 6) is 1.31. The first kappa shape index (κ1) is 16.8. The minimum absolute atomic E-state index is 0.246. The first-order valence-electron chi connectivity index (χ1n) is 8.93. The Morgan fingerprint density at radius 2 is 1.77 bits per heavy atom. The number of halogens is 1. The van der Waals surface area contributed by atoms with Crippen molar-refractivity contribution < 1.29 is 4.39 Å². The van der Waals surface area contributed by atoms with Crippen molar-refractivity contribution in [1.29, 1.82) is 0 Å². The Kier molecular flexibility index (Phi) is 4.50. The molecule has 3 heterocycles. The van der Waals surface area contributed by atoms with Gasteiger partial charge in [0.15, 0.2) is 17.0 Å². The lowest BCUT2D eigenvalue weighted by Crippen LogP contribution is -2.46. The number of hydrogen-bond acceptors (Lipinski definition) is 6. The van der Waals surface area contributed by atoms with Crippen molar-refractivity contribution in [2.45, 2.75) is 20.4 Å². The molecule has 3 aromatic rings. The molecule has 8 heteroatoms. The molecule has 0 N–H and O–H groups in total. The van der Waals surface area contributed by atoms with Gasteiger partial charge in [-0.05, 0) is 31.2 Å². The van der Waals surface area contributed by atoms with Crippen molar-refractivity contribution in [3.8, 4) is 0 Å². The molecule has 0 saturated carbocycles. The zero-order chi connectivity index (χ0) is 18.1. The lowest BCUT2D eigenvalue weighted by atomic mass is 10.2. The number of anilines is 1. The lowest BCUT2D eigenvalue weighted by molar-refractivity contribution is 0.270. The highest BCUT2D eigenvalue weighted by Gasteiger charge is 2.22. The number of fused-ring (bicyclic) bond motifs is 1. The van der Waals surface area contributed by atoms with Crippen LogP contribution in [-0.2, 0) is 6.54 Å². The summed E-state index contributed by atoms with van der Waals surface area (Å²) in [6, 6.07) is 6.41. The monoisotopic (exact) mass is 355 g/mol. The molecule has 1 aromatic carbocycles. The molecule has 0 bridgehead atoms. The Bertz CT molecular complexity index is 898. The molecule has 26 heavy (non-hydrogen) atoms. The molecular weight excluding hydrogens is 333 g/mol. The molecule has 1 fully saturated rings. The van der Waals surface area contributed by atoms with E-state index in [1.165, 1.54) is 12.1 Å². The molecule has 0 atom stereocenters. The molecule has 7 nitrogen and oxygen atoms in total. The Hall–Kier alpha value is -2.61. The molecule has 1 saturated heterocycles. The molecule has 1 aliphatic heterocycles. The number of benzene rings is 1. The highest BCUT2D eigenvalue weighted by atomic mass is 19.1. The van der Waals surface area contributed by atoms with Gasteiger partial charge in [-0.25, -0.2) is 19.0 Å². The Labute approximate surface area is 151 Å². The zero-order valence-corrected chi connectivity index (χ0v) is 15.1. The largest absolute Gasteiger partial charge is 0.352 e. The fourth-order valence-corrected chi connectivity index (χ4v) is 3.31. The minimum Gasteiger partial charge on any atom is -0.352 e. The van der Waals surface area contributed by atoms with E-state index in [0.717, 1.165) is 55.3 Å². The predicted molar refractivity (Wildman–Crippen MR) is 97.7 cm³/mol. The number of rotatable bonds is 4. The van der Waals surface area contributed by atoms with Crippen molar-refractivity contribution in [3.05, 3.63) is 41.5 Å². The van der Waals surface area contributed by atoms with Crippen LogP contribution in [0.15, 0.2) is 24.3 Å². The van der Waals surface area contributed by atoms with Crippen LogP contribution in [0.5, 0.6) is 0 Å². The normalized spacial score (nSPS) is 15.7. The molecule has 0 aliphatic carbocycles. The molecule has 0 radical (unpaired) electrons. The van der Waals surface area contributed by atoms with Gasteiger partial charge in [-0.2, -0.15) is 0 Å². The number of aryl methyl sites for hydroxylation is 1. The number of piperazine rings is 1. The average Bonchev–Trinajstić information content (AvgIpc) is 3.05. The molecule has 2 aromatic heterocycles. The fourth-order valence-electron chi connectivity index (χ4n) is 3.31. The number of nitrogens with zero attached hydrogens (tertiary/aromatic N) is 7. The number of aromatic nitrogens is 5.